The highest BCUT2D eigenvalue weighted by molar-refractivity contribution is 8.18. The van der Waals surface area contributed by atoms with Crippen LogP contribution in [0.15, 0.2) is 47.4 Å². The third kappa shape index (κ3) is 5.28. The standard InChI is InChI=1S/C23H20N2O6S/c1-3-30-21(26)14-31-18-9-8-15(10-19(18)29-2)11-20-22(27)25(23(28)32-20)13-17-7-5-4-6-16(17)12-24/h4-11H,3,13-14H2,1-2H3/b20-11+. The van der Waals surface area contributed by atoms with Crippen molar-refractivity contribution < 1.29 is 28.6 Å². The van der Waals surface area contributed by atoms with Gasteiger partial charge in [-0.2, -0.15) is 5.26 Å². The average Bonchev–Trinajstić information content (AvgIpc) is 3.06. The predicted octanol–water partition coefficient (Wildman–Crippen LogP) is 3.75. The zero-order valence-corrected chi connectivity index (χ0v) is 18.3. The number of amides is 2. The van der Waals surface area contributed by atoms with Crippen LogP contribution in [0, 0.1) is 11.3 Å². The number of hydrogen-bond acceptors (Lipinski definition) is 8. The Morgan fingerprint density at radius 3 is 2.69 bits per heavy atom. The number of methoxy groups -OCH3 is 1. The van der Waals surface area contributed by atoms with E-state index in [1.165, 1.54) is 7.11 Å². The van der Waals surface area contributed by atoms with Crippen LogP contribution < -0.4 is 9.47 Å². The normalized spacial score (nSPS) is 14.4. The van der Waals surface area contributed by atoms with E-state index in [0.29, 0.717) is 28.2 Å². The van der Waals surface area contributed by atoms with Gasteiger partial charge in [0.2, 0.25) is 0 Å². The zero-order chi connectivity index (χ0) is 23.1. The highest BCUT2D eigenvalue weighted by Crippen LogP contribution is 2.35. The van der Waals surface area contributed by atoms with Crippen LogP contribution >= 0.6 is 11.8 Å². The van der Waals surface area contributed by atoms with Gasteiger partial charge < -0.3 is 14.2 Å². The third-order valence-electron chi connectivity index (χ3n) is 4.48. The number of imide groups is 1. The van der Waals surface area contributed by atoms with Crippen molar-refractivity contribution in [3.63, 3.8) is 0 Å². The summed E-state index contributed by atoms with van der Waals surface area (Å²) in [7, 11) is 1.46. The number of nitrogens with zero attached hydrogens (tertiary/aromatic N) is 2. The van der Waals surface area contributed by atoms with Gasteiger partial charge in [0.15, 0.2) is 18.1 Å². The lowest BCUT2D eigenvalue weighted by atomic mass is 10.1. The number of esters is 1. The van der Waals surface area contributed by atoms with Crippen LogP contribution in [0.25, 0.3) is 6.08 Å². The summed E-state index contributed by atoms with van der Waals surface area (Å²) in [4.78, 5) is 38.1. The molecule has 2 aromatic carbocycles. The molecule has 8 nitrogen and oxygen atoms in total. The number of rotatable bonds is 8. The Hall–Kier alpha value is -3.77. The molecule has 0 bridgehead atoms. The second kappa shape index (κ2) is 10.5. The Morgan fingerprint density at radius 1 is 1.19 bits per heavy atom. The van der Waals surface area contributed by atoms with Crippen molar-refractivity contribution in [1.82, 2.24) is 4.90 Å². The van der Waals surface area contributed by atoms with Crippen molar-refractivity contribution in [3.8, 4) is 17.6 Å². The zero-order valence-electron chi connectivity index (χ0n) is 17.5. The average molecular weight is 452 g/mol. The third-order valence-corrected chi connectivity index (χ3v) is 5.38. The molecule has 1 aliphatic heterocycles. The summed E-state index contributed by atoms with van der Waals surface area (Å²) in [5, 5.41) is 8.83. The van der Waals surface area contributed by atoms with Crippen LogP contribution in [0.2, 0.25) is 0 Å². The lowest BCUT2D eigenvalue weighted by Crippen LogP contribution is -2.27. The van der Waals surface area contributed by atoms with Crippen LogP contribution in [-0.2, 0) is 20.9 Å². The van der Waals surface area contributed by atoms with Gasteiger partial charge in [0.1, 0.15) is 0 Å². The molecule has 0 radical (unpaired) electrons. The van der Waals surface area contributed by atoms with E-state index in [9.17, 15) is 19.6 Å². The molecule has 0 saturated carbocycles. The topological polar surface area (TPSA) is 106 Å². The van der Waals surface area contributed by atoms with Crippen molar-refractivity contribution in [1.29, 1.82) is 5.26 Å². The van der Waals surface area contributed by atoms with Gasteiger partial charge in [-0.1, -0.05) is 24.3 Å². The predicted molar refractivity (Wildman–Crippen MR) is 118 cm³/mol. The van der Waals surface area contributed by atoms with E-state index in [1.807, 2.05) is 0 Å². The van der Waals surface area contributed by atoms with Crippen molar-refractivity contribution in [2.75, 3.05) is 20.3 Å². The van der Waals surface area contributed by atoms with E-state index >= 15 is 0 Å². The van der Waals surface area contributed by atoms with Crippen molar-refractivity contribution in [2.45, 2.75) is 13.5 Å². The summed E-state index contributed by atoms with van der Waals surface area (Å²) in [5.74, 6) is -0.219. The molecule has 0 atom stereocenters. The van der Waals surface area contributed by atoms with Crippen LogP contribution in [0.1, 0.15) is 23.6 Å². The number of hydrogen-bond donors (Lipinski definition) is 0. The van der Waals surface area contributed by atoms with Crippen LogP contribution in [0.5, 0.6) is 11.5 Å². The fourth-order valence-electron chi connectivity index (χ4n) is 2.96. The van der Waals surface area contributed by atoms with E-state index in [2.05, 4.69) is 6.07 Å². The summed E-state index contributed by atoms with van der Waals surface area (Å²) in [6.07, 6.45) is 1.58. The molecular formula is C23H20N2O6S. The summed E-state index contributed by atoms with van der Waals surface area (Å²) < 4.78 is 15.6. The number of nitriles is 1. The fourth-order valence-corrected chi connectivity index (χ4v) is 3.80. The lowest BCUT2D eigenvalue weighted by molar-refractivity contribution is -0.145. The first-order valence-electron chi connectivity index (χ1n) is 9.66. The molecule has 2 amide bonds. The molecule has 3 rings (SSSR count). The summed E-state index contributed by atoms with van der Waals surface area (Å²) in [5.41, 5.74) is 1.63. The second-order valence-electron chi connectivity index (χ2n) is 6.54. The summed E-state index contributed by atoms with van der Waals surface area (Å²) in [6, 6.07) is 13.8. The first kappa shape index (κ1) is 22.9. The van der Waals surface area contributed by atoms with Gasteiger partial charge in [-0.3, -0.25) is 14.5 Å². The van der Waals surface area contributed by atoms with E-state index < -0.39 is 17.1 Å². The van der Waals surface area contributed by atoms with E-state index in [1.54, 1.807) is 55.5 Å². The molecule has 1 aliphatic rings. The quantitative estimate of drug-likeness (QED) is 0.440. The SMILES string of the molecule is CCOC(=O)COc1ccc(/C=C2/SC(=O)N(Cc3ccccc3C#N)C2=O)cc1OC. The number of carbonyl (C=O) groups excluding carboxylic acids is 3. The van der Waals surface area contributed by atoms with E-state index in [0.717, 1.165) is 16.7 Å². The molecule has 0 unspecified atom stereocenters. The molecule has 9 heteroatoms. The molecular weight excluding hydrogens is 432 g/mol. The van der Waals surface area contributed by atoms with Gasteiger partial charge in [0.05, 0.1) is 36.8 Å². The maximum Gasteiger partial charge on any atom is 0.344 e. The van der Waals surface area contributed by atoms with Crippen LogP contribution in [0.3, 0.4) is 0 Å². The van der Waals surface area contributed by atoms with Gasteiger partial charge in [-0.15, -0.1) is 0 Å². The van der Waals surface area contributed by atoms with Crippen molar-refractivity contribution in [3.05, 3.63) is 64.1 Å². The number of benzene rings is 2. The van der Waals surface area contributed by atoms with E-state index in [-0.39, 0.29) is 24.7 Å². The van der Waals surface area contributed by atoms with Gasteiger partial charge in [-0.05, 0) is 54.1 Å². The molecule has 0 spiro atoms. The molecule has 0 N–H and O–H groups in total. The number of carbonyl (C=O) groups is 3. The summed E-state index contributed by atoms with van der Waals surface area (Å²) in [6.45, 7) is 1.73. The monoisotopic (exact) mass is 452 g/mol. The smallest absolute Gasteiger partial charge is 0.344 e. The van der Waals surface area contributed by atoms with Crippen LogP contribution in [0.4, 0.5) is 4.79 Å². The van der Waals surface area contributed by atoms with Crippen molar-refractivity contribution >= 4 is 35.0 Å². The highest BCUT2D eigenvalue weighted by atomic mass is 32.2. The Morgan fingerprint density at radius 2 is 1.97 bits per heavy atom. The molecule has 1 fully saturated rings. The molecule has 0 aliphatic carbocycles. The molecule has 2 aromatic rings. The number of thioether (sulfide) groups is 1. The Kier molecular flexibility index (Phi) is 7.52. The first-order chi connectivity index (χ1) is 15.5. The lowest BCUT2D eigenvalue weighted by Gasteiger charge is -2.13. The maximum atomic E-state index is 12.8. The minimum atomic E-state index is -0.495. The second-order valence-corrected chi connectivity index (χ2v) is 7.53. The van der Waals surface area contributed by atoms with Gasteiger partial charge in [0, 0.05) is 0 Å². The molecule has 32 heavy (non-hydrogen) atoms. The Labute approximate surface area is 189 Å². The van der Waals surface area contributed by atoms with Crippen molar-refractivity contribution in [2.24, 2.45) is 0 Å². The largest absolute Gasteiger partial charge is 0.493 e. The molecule has 1 saturated heterocycles. The Bertz CT molecular complexity index is 1120. The molecule has 0 aromatic heterocycles. The van der Waals surface area contributed by atoms with Gasteiger partial charge in [0.25, 0.3) is 11.1 Å². The van der Waals surface area contributed by atoms with Gasteiger partial charge >= 0.3 is 5.97 Å². The van der Waals surface area contributed by atoms with Gasteiger partial charge in [-0.25, -0.2) is 4.79 Å². The summed E-state index contributed by atoms with van der Waals surface area (Å²) >= 11 is 0.829. The minimum Gasteiger partial charge on any atom is -0.493 e. The minimum absolute atomic E-state index is 0.0235. The van der Waals surface area contributed by atoms with E-state index in [4.69, 9.17) is 14.2 Å². The first-order valence-corrected chi connectivity index (χ1v) is 10.5. The maximum absolute atomic E-state index is 12.8. The number of ether oxygens (including phenoxy) is 3. The highest BCUT2D eigenvalue weighted by Gasteiger charge is 2.35. The molecule has 164 valence electrons. The Balaban J connectivity index is 1.76. The van der Waals surface area contributed by atoms with Crippen LogP contribution in [-0.4, -0.2) is 42.3 Å². The fraction of sp³-hybridized carbons (Fsp3) is 0.217. The molecule has 1 heterocycles.